The number of aliphatic hydroxyl groups excluding tert-OH is 1. The van der Waals surface area contributed by atoms with Gasteiger partial charge in [0.15, 0.2) is 5.13 Å². The normalized spacial score (nSPS) is 17.8. The van der Waals surface area contributed by atoms with Crippen LogP contribution in [0.3, 0.4) is 0 Å². The zero-order chi connectivity index (χ0) is 23.3. The molecule has 1 saturated heterocycles. The maximum atomic E-state index is 13.3. The average Bonchev–Trinajstić information content (AvgIpc) is 3.32. The molecule has 5 rings (SSSR count). The lowest BCUT2D eigenvalue weighted by Gasteiger charge is -2.23. The number of carbonyl (C=O) groups excluding carboxylic acids is 2. The maximum Gasteiger partial charge on any atom is 0.301 e. The zero-order valence-electron chi connectivity index (χ0n) is 17.9. The van der Waals surface area contributed by atoms with E-state index in [2.05, 4.69) is 20.9 Å². The van der Waals surface area contributed by atoms with Crippen LogP contribution in [0.25, 0.3) is 16.0 Å². The maximum absolute atomic E-state index is 13.3. The van der Waals surface area contributed by atoms with Crippen molar-refractivity contribution in [2.45, 2.75) is 19.9 Å². The summed E-state index contributed by atoms with van der Waals surface area (Å²) in [6.07, 6.45) is 0. The van der Waals surface area contributed by atoms with Gasteiger partial charge in [0.05, 0.1) is 21.8 Å². The van der Waals surface area contributed by atoms with Gasteiger partial charge in [-0.3, -0.25) is 14.5 Å². The summed E-state index contributed by atoms with van der Waals surface area (Å²) in [5.41, 5.74) is 4.13. The number of thiazole rings is 1. The lowest BCUT2D eigenvalue weighted by Crippen LogP contribution is -2.29. The lowest BCUT2D eigenvalue weighted by molar-refractivity contribution is -0.132. The summed E-state index contributed by atoms with van der Waals surface area (Å²) in [4.78, 5) is 32.6. The van der Waals surface area contributed by atoms with Gasteiger partial charge in [0.2, 0.25) is 0 Å². The zero-order valence-corrected chi connectivity index (χ0v) is 20.3. The van der Waals surface area contributed by atoms with Crippen LogP contribution in [0.4, 0.5) is 5.13 Å². The molecule has 0 radical (unpaired) electrons. The Morgan fingerprint density at radius 2 is 1.64 bits per heavy atom. The topological polar surface area (TPSA) is 70.5 Å². The smallest absolute Gasteiger partial charge is 0.301 e. The minimum Gasteiger partial charge on any atom is -0.507 e. The Labute approximate surface area is 203 Å². The number of hydrogen-bond donors (Lipinski definition) is 1. The molecule has 0 aliphatic carbocycles. The number of amides is 1. The van der Waals surface area contributed by atoms with Crippen molar-refractivity contribution >= 4 is 60.1 Å². The highest BCUT2D eigenvalue weighted by atomic mass is 79.9. The molecule has 164 valence electrons. The molecule has 1 aliphatic heterocycles. The number of aromatic nitrogens is 1. The fourth-order valence-electron chi connectivity index (χ4n) is 3.98. The molecule has 0 unspecified atom stereocenters. The molecule has 1 aliphatic rings. The fraction of sp³-hybridized carbons (Fsp3) is 0.115. The second-order valence-electron chi connectivity index (χ2n) is 8.05. The highest BCUT2D eigenvalue weighted by Gasteiger charge is 2.48. The lowest BCUT2D eigenvalue weighted by atomic mass is 9.95. The van der Waals surface area contributed by atoms with Gasteiger partial charge in [0, 0.05) is 10.0 Å². The van der Waals surface area contributed by atoms with Crippen molar-refractivity contribution in [2.24, 2.45) is 0 Å². The number of benzene rings is 3. The summed E-state index contributed by atoms with van der Waals surface area (Å²) in [7, 11) is 0. The van der Waals surface area contributed by atoms with Crippen molar-refractivity contribution in [3.8, 4) is 0 Å². The van der Waals surface area contributed by atoms with Crippen LogP contribution in [-0.2, 0) is 9.59 Å². The van der Waals surface area contributed by atoms with Crippen LogP contribution in [0.2, 0.25) is 0 Å². The number of rotatable bonds is 3. The second kappa shape index (κ2) is 8.24. The third kappa shape index (κ3) is 3.77. The summed E-state index contributed by atoms with van der Waals surface area (Å²) in [5.74, 6) is -1.62. The van der Waals surface area contributed by atoms with Gasteiger partial charge in [-0.1, -0.05) is 75.3 Å². The Kier molecular flexibility index (Phi) is 5.38. The quantitative estimate of drug-likeness (QED) is 0.196. The predicted octanol–water partition coefficient (Wildman–Crippen LogP) is 6.30. The van der Waals surface area contributed by atoms with Gasteiger partial charge in [-0.2, -0.15) is 0 Å². The Morgan fingerprint density at radius 3 is 2.33 bits per heavy atom. The van der Waals surface area contributed by atoms with Crippen LogP contribution < -0.4 is 4.90 Å². The molecule has 1 fully saturated rings. The van der Waals surface area contributed by atoms with E-state index in [0.717, 1.165) is 25.8 Å². The van der Waals surface area contributed by atoms with Crippen LogP contribution in [0, 0.1) is 13.8 Å². The van der Waals surface area contributed by atoms with Crippen LogP contribution in [0.1, 0.15) is 28.3 Å². The number of nitrogens with zero attached hydrogens (tertiary/aromatic N) is 2. The largest absolute Gasteiger partial charge is 0.507 e. The van der Waals surface area contributed by atoms with Crippen molar-refractivity contribution in [1.29, 1.82) is 0 Å². The molecule has 5 nitrogen and oxygen atoms in total. The van der Waals surface area contributed by atoms with E-state index in [4.69, 9.17) is 0 Å². The first-order valence-electron chi connectivity index (χ1n) is 10.3. The first kappa shape index (κ1) is 21.6. The molecule has 1 amide bonds. The van der Waals surface area contributed by atoms with Gasteiger partial charge in [0.1, 0.15) is 5.76 Å². The van der Waals surface area contributed by atoms with E-state index in [9.17, 15) is 14.7 Å². The Bertz CT molecular complexity index is 1440. The van der Waals surface area contributed by atoms with Crippen molar-refractivity contribution in [3.05, 3.63) is 99.0 Å². The highest BCUT2D eigenvalue weighted by Crippen LogP contribution is 2.44. The monoisotopic (exact) mass is 518 g/mol. The molecule has 0 bridgehead atoms. The molecule has 1 aromatic heterocycles. The molecule has 1 atom stereocenters. The molecule has 0 saturated carbocycles. The van der Waals surface area contributed by atoms with Crippen molar-refractivity contribution in [2.75, 3.05) is 4.90 Å². The predicted molar refractivity (Wildman–Crippen MR) is 134 cm³/mol. The first-order chi connectivity index (χ1) is 15.8. The van der Waals surface area contributed by atoms with E-state index in [0.29, 0.717) is 16.3 Å². The second-order valence-corrected chi connectivity index (χ2v) is 9.98. The molecule has 1 N–H and O–H groups in total. The number of carbonyl (C=O) groups is 2. The minimum absolute atomic E-state index is 0.0570. The van der Waals surface area contributed by atoms with E-state index in [-0.39, 0.29) is 11.3 Å². The minimum atomic E-state index is -0.791. The van der Waals surface area contributed by atoms with Crippen LogP contribution in [-0.4, -0.2) is 21.8 Å². The van der Waals surface area contributed by atoms with Crippen LogP contribution in [0.5, 0.6) is 0 Å². The molecule has 33 heavy (non-hydrogen) atoms. The van der Waals surface area contributed by atoms with Gasteiger partial charge in [-0.25, -0.2) is 4.98 Å². The molecule has 3 aromatic carbocycles. The fourth-order valence-corrected chi connectivity index (χ4v) is 5.33. The summed E-state index contributed by atoms with van der Waals surface area (Å²) in [6, 6.07) is 19.7. The molecular formula is C26H19BrN2O3S. The van der Waals surface area contributed by atoms with Gasteiger partial charge >= 0.3 is 5.91 Å². The molecule has 0 spiro atoms. The van der Waals surface area contributed by atoms with Gasteiger partial charge in [-0.05, 0) is 49.2 Å². The summed E-state index contributed by atoms with van der Waals surface area (Å²) in [5, 5.41) is 11.6. The summed E-state index contributed by atoms with van der Waals surface area (Å²) < 4.78 is 1.80. The van der Waals surface area contributed by atoms with Gasteiger partial charge in [-0.15, -0.1) is 0 Å². The van der Waals surface area contributed by atoms with E-state index >= 15 is 0 Å². The Balaban J connectivity index is 1.73. The molecular weight excluding hydrogens is 500 g/mol. The standard InChI is InChI=1S/C26H19BrN2O3S/c1-14-3-6-17(7-4-14)23(30)21-22(16-8-10-18(27)11-9-16)29(25(32)24(21)31)26-28-19-12-5-15(2)13-20(19)33-26/h3-13,22,30H,1-2H3/t22-/m1/s1. The third-order valence-electron chi connectivity index (χ3n) is 5.69. The Hall–Kier alpha value is -3.29. The number of fused-ring (bicyclic) bond motifs is 1. The van der Waals surface area contributed by atoms with E-state index in [1.807, 2.05) is 68.4 Å². The van der Waals surface area contributed by atoms with E-state index < -0.39 is 17.7 Å². The van der Waals surface area contributed by atoms with Crippen molar-refractivity contribution in [3.63, 3.8) is 0 Å². The number of ketones is 1. The average molecular weight is 519 g/mol. The first-order valence-corrected chi connectivity index (χ1v) is 11.9. The van der Waals surface area contributed by atoms with Gasteiger partial charge in [0.25, 0.3) is 5.78 Å². The number of hydrogen-bond acceptors (Lipinski definition) is 5. The number of anilines is 1. The number of Topliss-reactive ketones (excluding diaryl/α,β-unsaturated/α-hetero) is 1. The SMILES string of the molecule is Cc1ccc(C(O)=C2C(=O)C(=O)N(c3nc4ccc(C)cc4s3)[C@@H]2c2ccc(Br)cc2)cc1. The van der Waals surface area contributed by atoms with Gasteiger partial charge < -0.3 is 5.11 Å². The van der Waals surface area contributed by atoms with E-state index in [1.54, 1.807) is 12.1 Å². The highest BCUT2D eigenvalue weighted by molar-refractivity contribution is 9.10. The van der Waals surface area contributed by atoms with Crippen LogP contribution >= 0.6 is 27.3 Å². The van der Waals surface area contributed by atoms with Crippen LogP contribution in [0.15, 0.2) is 76.8 Å². The molecule has 4 aromatic rings. The van der Waals surface area contributed by atoms with Crippen molar-refractivity contribution < 1.29 is 14.7 Å². The molecule has 2 heterocycles. The van der Waals surface area contributed by atoms with Crippen molar-refractivity contribution in [1.82, 2.24) is 4.98 Å². The number of halogens is 1. The molecule has 7 heteroatoms. The number of aryl methyl sites for hydroxylation is 2. The summed E-state index contributed by atoms with van der Waals surface area (Å²) >= 11 is 4.79. The summed E-state index contributed by atoms with van der Waals surface area (Å²) in [6.45, 7) is 3.94. The Morgan fingerprint density at radius 1 is 0.970 bits per heavy atom. The van der Waals surface area contributed by atoms with E-state index in [1.165, 1.54) is 16.2 Å². The third-order valence-corrected chi connectivity index (χ3v) is 7.24. The number of aliphatic hydroxyl groups is 1.